The van der Waals surface area contributed by atoms with E-state index in [1.807, 2.05) is 13.8 Å². The Morgan fingerprint density at radius 1 is 1.24 bits per heavy atom. The molecule has 118 valence electrons. The van der Waals surface area contributed by atoms with Crippen molar-refractivity contribution in [3.05, 3.63) is 24.3 Å². The Balaban J connectivity index is 3.18. The summed E-state index contributed by atoms with van der Waals surface area (Å²) in [6, 6.07) is 6.29. The molecule has 1 amide bonds. The first-order valence-electron chi connectivity index (χ1n) is 6.91. The molecule has 0 aliphatic carbocycles. The second-order valence-electron chi connectivity index (χ2n) is 4.85. The van der Waals surface area contributed by atoms with Crippen molar-refractivity contribution in [1.29, 1.82) is 0 Å². The second-order valence-corrected chi connectivity index (χ2v) is 6.70. The first kappa shape index (κ1) is 17.6. The van der Waals surface area contributed by atoms with Gasteiger partial charge in [0.05, 0.1) is 11.1 Å². The molecule has 1 aromatic carbocycles. The second kappa shape index (κ2) is 7.02. The molecule has 0 saturated carbocycles. The van der Waals surface area contributed by atoms with Gasteiger partial charge in [0, 0.05) is 6.54 Å². The van der Waals surface area contributed by atoms with Gasteiger partial charge in [-0.05, 0) is 32.0 Å². The summed E-state index contributed by atoms with van der Waals surface area (Å²) in [5.41, 5.74) is 5.32. The normalized spacial score (nSPS) is 12.2. The molecule has 1 rings (SSSR count). The maximum absolute atomic E-state index is 12.5. The Morgan fingerprint density at radius 2 is 1.81 bits per heavy atom. The summed E-state index contributed by atoms with van der Waals surface area (Å²) in [6.07, 6.45) is 1.18. The average molecular weight is 313 g/mol. The topological polar surface area (TPSA) is 101 Å². The van der Waals surface area contributed by atoms with Crippen LogP contribution >= 0.6 is 0 Å². The zero-order valence-electron chi connectivity index (χ0n) is 12.6. The summed E-state index contributed by atoms with van der Waals surface area (Å²) in [5.74, 6) is -0.256. The zero-order valence-corrected chi connectivity index (χ0v) is 13.5. The number of carbonyl (C=O) groups is 1. The summed E-state index contributed by atoms with van der Waals surface area (Å²) in [6.45, 7) is 4.01. The first-order valence-corrected chi connectivity index (χ1v) is 8.39. The molecule has 0 radical (unpaired) electrons. The highest BCUT2D eigenvalue weighted by Gasteiger charge is 2.34. The van der Waals surface area contributed by atoms with Gasteiger partial charge in [0.2, 0.25) is 15.9 Å². The quantitative estimate of drug-likeness (QED) is 0.706. The number of rotatable bonds is 7. The van der Waals surface area contributed by atoms with E-state index in [4.69, 9.17) is 5.73 Å². The molecule has 0 spiro atoms. The van der Waals surface area contributed by atoms with Crippen molar-refractivity contribution in [3.63, 3.8) is 0 Å². The molecule has 4 N–H and O–H groups in total. The molecule has 21 heavy (non-hydrogen) atoms. The molecule has 0 aromatic heterocycles. The van der Waals surface area contributed by atoms with Crippen LogP contribution in [0.2, 0.25) is 0 Å². The standard InChI is InChI=1S/C14H23N3O3S/c1-4-14(5-2,10-15)13(18)17-11-8-6-7-9-12(11)21(19,20)16-3/h6-9,16H,4-5,10,15H2,1-3H3,(H,17,18). The monoisotopic (exact) mass is 313 g/mol. The van der Waals surface area contributed by atoms with E-state index in [0.29, 0.717) is 12.8 Å². The number of para-hydroxylation sites is 1. The lowest BCUT2D eigenvalue weighted by Gasteiger charge is -2.28. The predicted octanol–water partition coefficient (Wildman–Crippen LogP) is 1.30. The van der Waals surface area contributed by atoms with E-state index in [1.54, 1.807) is 18.2 Å². The van der Waals surface area contributed by atoms with Gasteiger partial charge in [-0.3, -0.25) is 4.79 Å². The van der Waals surface area contributed by atoms with Gasteiger partial charge < -0.3 is 11.1 Å². The molecular weight excluding hydrogens is 290 g/mol. The average Bonchev–Trinajstić information content (AvgIpc) is 2.50. The van der Waals surface area contributed by atoms with Gasteiger partial charge in [-0.2, -0.15) is 0 Å². The number of hydrogen-bond donors (Lipinski definition) is 3. The Bertz CT molecular complexity index is 587. The van der Waals surface area contributed by atoms with E-state index in [9.17, 15) is 13.2 Å². The number of nitrogens with one attached hydrogen (secondary N) is 2. The zero-order chi connectivity index (χ0) is 16.1. The SMILES string of the molecule is CCC(CC)(CN)C(=O)Nc1ccccc1S(=O)(=O)NC. The fourth-order valence-electron chi connectivity index (χ4n) is 2.12. The lowest BCUT2D eigenvalue weighted by atomic mass is 9.81. The Kier molecular flexibility index (Phi) is 5.88. The summed E-state index contributed by atoms with van der Waals surface area (Å²) in [4.78, 5) is 12.5. The predicted molar refractivity (Wildman–Crippen MR) is 83.4 cm³/mol. The Labute approximate surface area is 126 Å². The first-order chi connectivity index (χ1) is 9.86. The number of sulfonamides is 1. The van der Waals surface area contributed by atoms with Crippen molar-refractivity contribution in [2.75, 3.05) is 18.9 Å². The summed E-state index contributed by atoms with van der Waals surface area (Å²) < 4.78 is 26.2. The minimum Gasteiger partial charge on any atom is -0.329 e. The third kappa shape index (κ3) is 3.61. The number of hydrogen-bond acceptors (Lipinski definition) is 4. The van der Waals surface area contributed by atoms with Gasteiger partial charge in [-0.25, -0.2) is 13.1 Å². The van der Waals surface area contributed by atoms with Gasteiger partial charge >= 0.3 is 0 Å². The maximum Gasteiger partial charge on any atom is 0.242 e. The lowest BCUT2D eigenvalue weighted by Crippen LogP contribution is -2.41. The number of nitrogens with two attached hydrogens (primary N) is 1. The van der Waals surface area contributed by atoms with Crippen LogP contribution in [0.25, 0.3) is 0 Å². The molecule has 0 bridgehead atoms. The fraction of sp³-hybridized carbons (Fsp3) is 0.500. The molecule has 0 atom stereocenters. The smallest absolute Gasteiger partial charge is 0.242 e. The van der Waals surface area contributed by atoms with Crippen LogP contribution in [0.1, 0.15) is 26.7 Å². The molecule has 0 fully saturated rings. The largest absolute Gasteiger partial charge is 0.329 e. The summed E-state index contributed by atoms with van der Waals surface area (Å²) >= 11 is 0. The molecule has 0 saturated heterocycles. The van der Waals surface area contributed by atoms with Crippen LogP contribution in [0.15, 0.2) is 29.2 Å². The molecule has 1 aromatic rings. The van der Waals surface area contributed by atoms with Crippen molar-refractivity contribution < 1.29 is 13.2 Å². The van der Waals surface area contributed by atoms with Crippen LogP contribution in [-0.4, -0.2) is 27.9 Å². The molecule has 7 heteroatoms. The lowest BCUT2D eigenvalue weighted by molar-refractivity contribution is -0.125. The van der Waals surface area contributed by atoms with Crippen molar-refractivity contribution in [2.24, 2.45) is 11.1 Å². The van der Waals surface area contributed by atoms with Crippen molar-refractivity contribution >= 4 is 21.6 Å². The summed E-state index contributed by atoms with van der Waals surface area (Å²) in [7, 11) is -2.31. The number of amides is 1. The van der Waals surface area contributed by atoms with Crippen LogP contribution in [0, 0.1) is 5.41 Å². The van der Waals surface area contributed by atoms with Crippen molar-refractivity contribution in [2.45, 2.75) is 31.6 Å². The molecular formula is C14H23N3O3S. The van der Waals surface area contributed by atoms with E-state index in [2.05, 4.69) is 10.0 Å². The van der Waals surface area contributed by atoms with Crippen LogP contribution in [0.4, 0.5) is 5.69 Å². The fourth-order valence-corrected chi connectivity index (χ4v) is 3.01. The minimum absolute atomic E-state index is 0.0407. The molecule has 0 aliphatic rings. The van der Waals surface area contributed by atoms with Gasteiger partial charge in [0.1, 0.15) is 4.90 Å². The van der Waals surface area contributed by atoms with Crippen molar-refractivity contribution in [1.82, 2.24) is 4.72 Å². The van der Waals surface area contributed by atoms with Crippen LogP contribution in [0.5, 0.6) is 0 Å². The Hall–Kier alpha value is -1.44. The van der Waals surface area contributed by atoms with E-state index >= 15 is 0 Å². The van der Waals surface area contributed by atoms with Crippen molar-refractivity contribution in [3.8, 4) is 0 Å². The van der Waals surface area contributed by atoms with E-state index in [-0.39, 0.29) is 23.0 Å². The van der Waals surface area contributed by atoms with Crippen LogP contribution < -0.4 is 15.8 Å². The van der Waals surface area contributed by atoms with E-state index in [1.165, 1.54) is 13.1 Å². The molecule has 0 unspecified atom stereocenters. The Morgan fingerprint density at radius 3 is 2.29 bits per heavy atom. The highest BCUT2D eigenvalue weighted by molar-refractivity contribution is 7.89. The van der Waals surface area contributed by atoms with Gasteiger partial charge in [0.15, 0.2) is 0 Å². The third-order valence-corrected chi connectivity index (χ3v) is 5.39. The summed E-state index contributed by atoms with van der Waals surface area (Å²) in [5, 5.41) is 2.71. The minimum atomic E-state index is -3.64. The maximum atomic E-state index is 12.5. The third-order valence-electron chi connectivity index (χ3n) is 3.92. The number of anilines is 1. The molecule has 0 aliphatic heterocycles. The van der Waals surface area contributed by atoms with E-state index < -0.39 is 15.4 Å². The molecule has 6 nitrogen and oxygen atoms in total. The van der Waals surface area contributed by atoms with Gasteiger partial charge in [-0.15, -0.1) is 0 Å². The number of benzene rings is 1. The van der Waals surface area contributed by atoms with Crippen LogP contribution in [0.3, 0.4) is 0 Å². The number of carbonyl (C=O) groups excluding carboxylic acids is 1. The highest BCUT2D eigenvalue weighted by atomic mass is 32.2. The molecule has 0 heterocycles. The van der Waals surface area contributed by atoms with Crippen LogP contribution in [-0.2, 0) is 14.8 Å². The van der Waals surface area contributed by atoms with E-state index in [0.717, 1.165) is 0 Å². The highest BCUT2D eigenvalue weighted by Crippen LogP contribution is 2.28. The van der Waals surface area contributed by atoms with Gasteiger partial charge in [-0.1, -0.05) is 26.0 Å². The van der Waals surface area contributed by atoms with Gasteiger partial charge in [0.25, 0.3) is 0 Å².